The van der Waals surface area contributed by atoms with Crippen LogP contribution in [0.1, 0.15) is 45.3 Å². The summed E-state index contributed by atoms with van der Waals surface area (Å²) in [7, 11) is 0. The molecule has 0 spiro atoms. The minimum atomic E-state index is -0.491. The Hall–Kier alpha value is -2.73. The van der Waals surface area contributed by atoms with Crippen molar-refractivity contribution in [1.82, 2.24) is 4.90 Å². The van der Waals surface area contributed by atoms with E-state index in [-0.39, 0.29) is 30.8 Å². The van der Waals surface area contributed by atoms with E-state index in [1.165, 1.54) is 5.56 Å². The third kappa shape index (κ3) is 4.64. The second-order valence-electron chi connectivity index (χ2n) is 9.44. The lowest BCUT2D eigenvalue weighted by atomic mass is 9.88. The Morgan fingerprint density at radius 1 is 1.10 bits per heavy atom. The number of hydrogen-bond donors (Lipinski definition) is 2. The summed E-state index contributed by atoms with van der Waals surface area (Å²) in [5.74, 6) is 0.280. The topological polar surface area (TPSA) is 65.0 Å². The molecule has 2 unspecified atom stereocenters. The predicted octanol–water partition coefficient (Wildman–Crippen LogP) is 4.63. The minimum absolute atomic E-state index is 0.0281. The summed E-state index contributed by atoms with van der Waals surface area (Å²) in [6, 6.07) is 18.6. The van der Waals surface area contributed by atoms with Gasteiger partial charge in [-0.15, -0.1) is 0 Å². The van der Waals surface area contributed by atoms with E-state index < -0.39 is 5.60 Å². The maximum Gasteiger partial charge on any atom is 0.410 e. The van der Waals surface area contributed by atoms with Gasteiger partial charge in [0, 0.05) is 13.1 Å². The zero-order valence-corrected chi connectivity index (χ0v) is 18.6. The number of nitrogens with zero attached hydrogens (tertiary/aromatic N) is 2. The monoisotopic (exact) mass is 423 g/mol. The first-order valence-corrected chi connectivity index (χ1v) is 11.1. The fourth-order valence-electron chi connectivity index (χ4n) is 4.68. The second kappa shape index (κ2) is 8.79. The molecule has 0 saturated carbocycles. The smallest absolute Gasteiger partial charge is 0.410 e. The Morgan fingerprint density at radius 3 is 2.39 bits per heavy atom. The Balaban J connectivity index is 1.53. The molecule has 2 N–H and O–H groups in total. The summed E-state index contributed by atoms with van der Waals surface area (Å²) in [6.07, 6.45) is 1.40. The Kier molecular flexibility index (Phi) is 6.10. The van der Waals surface area contributed by atoms with Gasteiger partial charge in [0.25, 0.3) is 0 Å². The second-order valence-corrected chi connectivity index (χ2v) is 9.44. The number of likely N-dealkylation sites (tertiary alicyclic amines) is 1. The molecule has 1 fully saturated rings. The summed E-state index contributed by atoms with van der Waals surface area (Å²) in [5, 5.41) is 14.1. The molecule has 1 amide bonds. The number of fused-ring (bicyclic) bond motifs is 1. The molecule has 2 aromatic rings. The van der Waals surface area contributed by atoms with Crippen molar-refractivity contribution in [2.75, 3.05) is 29.9 Å². The average molecular weight is 424 g/mol. The maximum absolute atomic E-state index is 12.5. The van der Waals surface area contributed by atoms with E-state index in [0.717, 1.165) is 24.2 Å². The van der Waals surface area contributed by atoms with Crippen LogP contribution < -0.4 is 10.2 Å². The largest absolute Gasteiger partial charge is 0.444 e. The lowest BCUT2D eigenvalue weighted by Gasteiger charge is -2.42. The zero-order chi connectivity index (χ0) is 22.0. The molecule has 6 heteroatoms. The molecule has 6 nitrogen and oxygen atoms in total. The van der Waals surface area contributed by atoms with Crippen LogP contribution in [0.3, 0.4) is 0 Å². The predicted molar refractivity (Wildman–Crippen MR) is 123 cm³/mol. The summed E-state index contributed by atoms with van der Waals surface area (Å²) in [6.45, 7) is 7.03. The number of amides is 1. The van der Waals surface area contributed by atoms with Crippen molar-refractivity contribution in [3.8, 4) is 0 Å². The number of benzene rings is 2. The number of nitrogens with one attached hydrogen (secondary N) is 1. The Bertz CT molecular complexity index is 888. The first-order valence-electron chi connectivity index (χ1n) is 11.1. The normalized spacial score (nSPS) is 20.2. The van der Waals surface area contributed by atoms with Crippen LogP contribution in [-0.4, -0.2) is 47.4 Å². The van der Waals surface area contributed by atoms with Gasteiger partial charge in [0.15, 0.2) is 0 Å². The van der Waals surface area contributed by atoms with Crippen LogP contribution in [0.4, 0.5) is 16.2 Å². The van der Waals surface area contributed by atoms with Crippen molar-refractivity contribution >= 4 is 17.5 Å². The van der Waals surface area contributed by atoms with E-state index in [0.29, 0.717) is 13.1 Å². The first kappa shape index (κ1) is 21.5. The molecule has 2 atom stereocenters. The third-order valence-corrected chi connectivity index (χ3v) is 6.15. The van der Waals surface area contributed by atoms with Gasteiger partial charge in [0.2, 0.25) is 0 Å². The molecule has 31 heavy (non-hydrogen) atoms. The summed E-state index contributed by atoms with van der Waals surface area (Å²) < 4.78 is 5.54. The van der Waals surface area contributed by atoms with Crippen LogP contribution >= 0.6 is 0 Å². The Labute approximate surface area is 184 Å². The van der Waals surface area contributed by atoms with Crippen LogP contribution in [0.25, 0.3) is 0 Å². The van der Waals surface area contributed by atoms with Crippen molar-refractivity contribution in [1.29, 1.82) is 0 Å². The molecule has 0 aliphatic carbocycles. The van der Waals surface area contributed by atoms with Crippen molar-refractivity contribution in [3.63, 3.8) is 0 Å². The minimum Gasteiger partial charge on any atom is -0.444 e. The average Bonchev–Trinajstić information content (AvgIpc) is 3.14. The fourth-order valence-corrected chi connectivity index (χ4v) is 4.68. The summed E-state index contributed by atoms with van der Waals surface area (Å²) in [5.41, 5.74) is 2.88. The van der Waals surface area contributed by atoms with E-state index in [4.69, 9.17) is 4.74 Å². The lowest BCUT2D eigenvalue weighted by molar-refractivity contribution is 0.0164. The SMILES string of the molecule is CC(C)(C)OC(=O)N1CCC(C(CO)N2c3ccccc3NC2c2ccccc2)CC1. The van der Waals surface area contributed by atoms with Gasteiger partial charge in [-0.1, -0.05) is 42.5 Å². The number of carbonyl (C=O) groups excluding carboxylic acids is 1. The summed E-state index contributed by atoms with van der Waals surface area (Å²) >= 11 is 0. The summed E-state index contributed by atoms with van der Waals surface area (Å²) in [4.78, 5) is 16.6. The van der Waals surface area contributed by atoms with E-state index >= 15 is 0 Å². The van der Waals surface area contributed by atoms with Crippen LogP contribution in [-0.2, 0) is 4.74 Å². The van der Waals surface area contributed by atoms with Crippen molar-refractivity contribution in [3.05, 3.63) is 60.2 Å². The van der Waals surface area contributed by atoms with Crippen LogP contribution in [0.15, 0.2) is 54.6 Å². The van der Waals surface area contributed by atoms with Crippen LogP contribution in [0.5, 0.6) is 0 Å². The highest BCUT2D eigenvalue weighted by Crippen LogP contribution is 2.44. The van der Waals surface area contributed by atoms with Crippen molar-refractivity contribution in [2.45, 2.75) is 51.4 Å². The third-order valence-electron chi connectivity index (χ3n) is 6.15. The molecular formula is C25H33N3O3. The molecule has 2 aromatic carbocycles. The quantitative estimate of drug-likeness (QED) is 0.751. The number of ether oxygens (including phenoxy) is 1. The molecule has 2 heterocycles. The van der Waals surface area contributed by atoms with Gasteiger partial charge in [0.05, 0.1) is 24.0 Å². The number of aliphatic hydroxyl groups excluding tert-OH is 1. The number of para-hydroxylation sites is 2. The van der Waals surface area contributed by atoms with Gasteiger partial charge in [0.1, 0.15) is 11.8 Å². The van der Waals surface area contributed by atoms with E-state index in [1.807, 2.05) is 51.1 Å². The lowest BCUT2D eigenvalue weighted by Crippen LogP contribution is -2.50. The van der Waals surface area contributed by atoms with Gasteiger partial charge in [-0.2, -0.15) is 0 Å². The molecule has 2 aliphatic rings. The number of piperidine rings is 1. The number of aliphatic hydroxyl groups is 1. The van der Waals surface area contributed by atoms with Gasteiger partial charge >= 0.3 is 6.09 Å². The first-order chi connectivity index (χ1) is 14.9. The molecule has 4 rings (SSSR count). The number of hydrogen-bond acceptors (Lipinski definition) is 5. The number of anilines is 2. The molecule has 0 bridgehead atoms. The Morgan fingerprint density at radius 2 is 1.74 bits per heavy atom. The zero-order valence-electron chi connectivity index (χ0n) is 18.6. The number of rotatable bonds is 4. The van der Waals surface area contributed by atoms with E-state index in [1.54, 1.807) is 4.90 Å². The number of carbonyl (C=O) groups is 1. The van der Waals surface area contributed by atoms with E-state index in [9.17, 15) is 9.90 Å². The van der Waals surface area contributed by atoms with E-state index in [2.05, 4.69) is 34.5 Å². The standard InChI is InChI=1S/C25H33N3O3/c1-25(2,3)31-24(30)27-15-13-18(14-16-27)22(17-29)28-21-12-8-7-11-20(21)26-23(28)19-9-5-4-6-10-19/h4-12,18,22-23,26,29H,13-17H2,1-3H3. The van der Waals surface area contributed by atoms with Gasteiger partial charge < -0.3 is 25.0 Å². The van der Waals surface area contributed by atoms with Crippen molar-refractivity contribution in [2.24, 2.45) is 5.92 Å². The highest BCUT2D eigenvalue weighted by molar-refractivity contribution is 5.77. The molecular weight excluding hydrogens is 390 g/mol. The van der Waals surface area contributed by atoms with Crippen LogP contribution in [0, 0.1) is 5.92 Å². The molecule has 166 valence electrons. The van der Waals surface area contributed by atoms with Gasteiger partial charge in [-0.3, -0.25) is 0 Å². The molecule has 0 aromatic heterocycles. The highest BCUT2D eigenvalue weighted by atomic mass is 16.6. The van der Waals surface area contributed by atoms with Gasteiger partial charge in [-0.25, -0.2) is 4.79 Å². The molecule has 0 radical (unpaired) electrons. The van der Waals surface area contributed by atoms with Gasteiger partial charge in [-0.05, 0) is 57.2 Å². The maximum atomic E-state index is 12.5. The van der Waals surface area contributed by atoms with Crippen molar-refractivity contribution < 1.29 is 14.6 Å². The highest BCUT2D eigenvalue weighted by Gasteiger charge is 2.39. The molecule has 1 saturated heterocycles. The molecule has 2 aliphatic heterocycles. The fraction of sp³-hybridized carbons (Fsp3) is 0.480. The van der Waals surface area contributed by atoms with Crippen LogP contribution in [0.2, 0.25) is 0 Å².